The van der Waals surface area contributed by atoms with Gasteiger partial charge in [-0.1, -0.05) is 84.9 Å². The molecule has 0 saturated carbocycles. The maximum absolute atomic E-state index is 11.5. The second-order valence-electron chi connectivity index (χ2n) is 14.1. The van der Waals surface area contributed by atoms with Gasteiger partial charge in [0.25, 0.3) is 0 Å². The molecular weight excluding hydrogens is 600 g/mol. The van der Waals surface area contributed by atoms with E-state index in [4.69, 9.17) is 0 Å². The minimum Gasteiger partial charge on any atom is -0.872 e. The molecule has 0 bridgehead atoms. The Labute approximate surface area is 287 Å². The number of para-hydroxylation sites is 4. The highest BCUT2D eigenvalue weighted by molar-refractivity contribution is 5.75. The van der Waals surface area contributed by atoms with Crippen molar-refractivity contribution in [3.63, 3.8) is 0 Å². The first-order valence-electron chi connectivity index (χ1n) is 17.0. The Bertz CT molecular complexity index is 1340. The molecule has 1 fully saturated rings. The van der Waals surface area contributed by atoms with Crippen molar-refractivity contribution in [3.05, 3.63) is 97.1 Å². The van der Waals surface area contributed by atoms with Crippen molar-refractivity contribution in [2.45, 2.75) is 77.5 Å². The van der Waals surface area contributed by atoms with E-state index in [1.807, 2.05) is 0 Å². The Hall–Kier alpha value is -4.08. The number of nitrogens with one attached hydrogen (secondary N) is 2. The van der Waals surface area contributed by atoms with Gasteiger partial charge in [-0.15, -0.1) is 11.5 Å². The fraction of sp³-hybridized carbons (Fsp3) is 0.400. The first-order valence-corrected chi connectivity index (χ1v) is 17.0. The number of hydrogen-bond donors (Lipinski definition) is 6. The zero-order valence-corrected chi connectivity index (χ0v) is 29.5. The summed E-state index contributed by atoms with van der Waals surface area (Å²) in [6, 6.07) is 28.3. The Balaban J connectivity index is 0.000000200. The molecule has 0 aliphatic carbocycles. The van der Waals surface area contributed by atoms with Gasteiger partial charge >= 0.3 is 0 Å². The largest absolute Gasteiger partial charge is 0.872 e. The predicted octanol–water partition coefficient (Wildman–Crippen LogP) is 3.69. The van der Waals surface area contributed by atoms with E-state index in [9.17, 15) is 20.4 Å². The van der Waals surface area contributed by atoms with Gasteiger partial charge in [-0.05, 0) is 64.8 Å². The summed E-state index contributed by atoms with van der Waals surface area (Å²) in [5, 5.41) is 54.4. The number of phenols is 2. The number of rotatable bonds is 2. The van der Waals surface area contributed by atoms with Crippen LogP contribution in [0.1, 0.15) is 54.4 Å². The molecule has 0 aromatic heterocycles. The van der Waals surface area contributed by atoms with Crippen LogP contribution < -0.4 is 31.5 Å². The van der Waals surface area contributed by atoms with Crippen molar-refractivity contribution < 1.29 is 31.1 Å². The summed E-state index contributed by atoms with van der Waals surface area (Å²) in [5.41, 5.74) is 2.71. The van der Waals surface area contributed by atoms with Gasteiger partial charge in [-0.25, -0.2) is 0 Å². The SMILES string of the molecule is C[C@@H]1CC(C)(C)NCC[NH2+][C@@H](C)CC(C)(C)NCC[NH2+]1.[O-]c1ccccc1-c1ccccc1O.[O-]c1ccccc1-c1ccccc1O. The number of nitrogens with two attached hydrogens (primary N) is 2. The summed E-state index contributed by atoms with van der Waals surface area (Å²) < 4.78 is 0. The van der Waals surface area contributed by atoms with Gasteiger partial charge in [0, 0.05) is 48.1 Å². The molecule has 8 nitrogen and oxygen atoms in total. The molecule has 8 heteroatoms. The molecule has 2 atom stereocenters. The van der Waals surface area contributed by atoms with Gasteiger partial charge in [0.1, 0.15) is 11.5 Å². The van der Waals surface area contributed by atoms with E-state index in [-0.39, 0.29) is 34.1 Å². The number of phenolic OH excluding ortho intramolecular Hbond substituents is 2. The first kappa shape index (κ1) is 38.4. The lowest BCUT2D eigenvalue weighted by atomic mass is 9.94. The average molecular weight is 657 g/mol. The molecule has 260 valence electrons. The van der Waals surface area contributed by atoms with Crippen LogP contribution in [-0.2, 0) is 0 Å². The monoisotopic (exact) mass is 656 g/mol. The van der Waals surface area contributed by atoms with Crippen LogP contribution in [0.5, 0.6) is 23.0 Å². The van der Waals surface area contributed by atoms with Crippen molar-refractivity contribution in [3.8, 4) is 45.3 Å². The molecule has 0 radical (unpaired) electrons. The predicted molar refractivity (Wildman–Crippen MR) is 192 cm³/mol. The maximum Gasteiger partial charge on any atom is 0.123 e. The van der Waals surface area contributed by atoms with Gasteiger partial charge in [0.05, 0.1) is 25.2 Å². The van der Waals surface area contributed by atoms with E-state index in [0.717, 1.165) is 13.1 Å². The molecule has 0 spiro atoms. The van der Waals surface area contributed by atoms with Crippen LogP contribution in [0.3, 0.4) is 0 Å². The third-order valence-corrected chi connectivity index (χ3v) is 8.46. The van der Waals surface area contributed by atoms with Crippen molar-refractivity contribution in [2.75, 3.05) is 26.2 Å². The van der Waals surface area contributed by atoms with E-state index in [2.05, 4.69) is 62.8 Å². The molecule has 1 saturated heterocycles. The standard InChI is InChI=1S/C16H36N4.2C12H10O2/c1-13-11-15(3,4)19-10-8-18-14(2)12-16(5,6)20-9-7-17-13;2*13-11-7-3-1-5-9(11)10-6-2-4-8-12(10)14/h13-14,17-20H,7-12H2,1-6H3;2*1-8,13-14H/t13-,14+;;. The number of quaternary nitrogens is 2. The zero-order chi connectivity index (χ0) is 35.2. The lowest BCUT2D eigenvalue weighted by Gasteiger charge is -2.31. The summed E-state index contributed by atoms with van der Waals surface area (Å²) in [4.78, 5) is 0. The summed E-state index contributed by atoms with van der Waals surface area (Å²) in [6.07, 6.45) is 2.43. The summed E-state index contributed by atoms with van der Waals surface area (Å²) in [6.45, 7) is 18.5. The van der Waals surface area contributed by atoms with Crippen molar-refractivity contribution in [2.24, 2.45) is 0 Å². The Morgan fingerprint density at radius 1 is 0.542 bits per heavy atom. The second kappa shape index (κ2) is 18.5. The smallest absolute Gasteiger partial charge is 0.123 e. The molecule has 1 aliphatic rings. The molecule has 0 unspecified atom stereocenters. The summed E-state index contributed by atoms with van der Waals surface area (Å²) in [5.74, 6) is 0.120. The van der Waals surface area contributed by atoms with E-state index in [1.165, 1.54) is 38.1 Å². The van der Waals surface area contributed by atoms with Gasteiger partial charge in [0.2, 0.25) is 0 Å². The topological polar surface area (TPSA) is 144 Å². The van der Waals surface area contributed by atoms with Crippen LogP contribution in [0.25, 0.3) is 22.3 Å². The van der Waals surface area contributed by atoms with Crippen LogP contribution in [0.4, 0.5) is 0 Å². The fourth-order valence-corrected chi connectivity index (χ4v) is 6.26. The molecule has 48 heavy (non-hydrogen) atoms. The highest BCUT2D eigenvalue weighted by atomic mass is 16.3. The third kappa shape index (κ3) is 12.8. The zero-order valence-electron chi connectivity index (χ0n) is 29.5. The molecule has 5 rings (SSSR count). The summed E-state index contributed by atoms with van der Waals surface area (Å²) in [7, 11) is 0. The number of benzene rings is 4. The van der Waals surface area contributed by atoms with Crippen molar-refractivity contribution in [1.82, 2.24) is 10.6 Å². The molecule has 0 amide bonds. The van der Waals surface area contributed by atoms with Crippen LogP contribution in [0, 0.1) is 0 Å². The van der Waals surface area contributed by atoms with Crippen LogP contribution in [-0.4, -0.2) is 59.6 Å². The quantitative estimate of drug-likeness (QED) is 0.194. The third-order valence-electron chi connectivity index (χ3n) is 8.46. The van der Waals surface area contributed by atoms with Crippen LogP contribution >= 0.6 is 0 Å². The summed E-state index contributed by atoms with van der Waals surface area (Å²) >= 11 is 0. The fourth-order valence-electron chi connectivity index (χ4n) is 6.26. The van der Waals surface area contributed by atoms with Crippen molar-refractivity contribution >= 4 is 0 Å². The Kier molecular flexibility index (Phi) is 14.8. The van der Waals surface area contributed by atoms with Gasteiger partial charge < -0.3 is 41.7 Å². The van der Waals surface area contributed by atoms with E-state index in [1.54, 1.807) is 84.9 Å². The maximum atomic E-state index is 11.5. The lowest BCUT2D eigenvalue weighted by Crippen LogP contribution is -2.92. The van der Waals surface area contributed by atoms with Crippen LogP contribution in [0.15, 0.2) is 97.1 Å². The number of aromatic hydroxyl groups is 2. The van der Waals surface area contributed by atoms with E-state index >= 15 is 0 Å². The van der Waals surface area contributed by atoms with Crippen molar-refractivity contribution in [1.29, 1.82) is 0 Å². The van der Waals surface area contributed by atoms with E-state index in [0.29, 0.717) is 34.3 Å². The van der Waals surface area contributed by atoms with Gasteiger partial charge in [-0.3, -0.25) is 0 Å². The normalized spacial score (nSPS) is 19.7. The van der Waals surface area contributed by atoms with E-state index < -0.39 is 0 Å². The molecule has 4 aromatic rings. The second-order valence-corrected chi connectivity index (χ2v) is 14.1. The molecule has 1 aliphatic heterocycles. The van der Waals surface area contributed by atoms with Gasteiger partial charge in [0.15, 0.2) is 0 Å². The molecule has 8 N–H and O–H groups in total. The van der Waals surface area contributed by atoms with Crippen LogP contribution in [0.2, 0.25) is 0 Å². The first-order chi connectivity index (χ1) is 22.8. The Morgan fingerprint density at radius 2 is 0.854 bits per heavy atom. The molecule has 4 aromatic carbocycles. The lowest BCUT2D eigenvalue weighted by molar-refractivity contribution is -0.689. The minimum absolute atomic E-state index is 0.0750. The number of hydrogen-bond acceptors (Lipinski definition) is 6. The molecular formula is C40H56N4O4. The highest BCUT2D eigenvalue weighted by Gasteiger charge is 2.25. The highest BCUT2D eigenvalue weighted by Crippen LogP contribution is 2.34. The minimum atomic E-state index is -0.0750. The molecule has 1 heterocycles. The van der Waals surface area contributed by atoms with Gasteiger partial charge in [-0.2, -0.15) is 0 Å². The average Bonchev–Trinajstić information content (AvgIpc) is 3.03. The Morgan fingerprint density at radius 3 is 1.19 bits per heavy atom.